The summed E-state index contributed by atoms with van der Waals surface area (Å²) >= 11 is 0. The predicted octanol–water partition coefficient (Wildman–Crippen LogP) is 2.01. The quantitative estimate of drug-likeness (QED) is 0.507. The van der Waals surface area contributed by atoms with E-state index in [-0.39, 0.29) is 31.0 Å². The Morgan fingerprint density at radius 3 is 2.46 bits per heavy atom. The van der Waals surface area contributed by atoms with E-state index in [1.807, 2.05) is 13.8 Å². The molecule has 0 bridgehead atoms. The average Bonchev–Trinajstić information content (AvgIpc) is 2.97. The molecule has 6 unspecified atom stereocenters. The van der Waals surface area contributed by atoms with Gasteiger partial charge in [-0.05, 0) is 43.4 Å². The zero-order valence-corrected chi connectivity index (χ0v) is 16.5. The molecule has 156 valence electrons. The van der Waals surface area contributed by atoms with E-state index in [1.165, 1.54) is 0 Å². The molecule has 1 saturated carbocycles. The second kappa shape index (κ2) is 7.26. The Balaban J connectivity index is 2.08. The molecule has 4 N–H and O–H groups in total. The number of carbonyl (C=O) groups excluding carboxylic acids is 1. The summed E-state index contributed by atoms with van der Waals surface area (Å²) in [5, 5.41) is 38.7. The molecule has 7 nitrogen and oxygen atoms in total. The van der Waals surface area contributed by atoms with Crippen molar-refractivity contribution in [1.82, 2.24) is 0 Å². The smallest absolute Gasteiger partial charge is 0.307 e. The van der Waals surface area contributed by atoms with Crippen molar-refractivity contribution in [2.75, 3.05) is 6.61 Å². The molecule has 3 rings (SSSR count). The molecule has 0 spiro atoms. The molecule has 0 aromatic carbocycles. The first-order valence-electron chi connectivity index (χ1n) is 10.0. The Labute approximate surface area is 164 Å². The van der Waals surface area contributed by atoms with Gasteiger partial charge < -0.3 is 20.4 Å². The Morgan fingerprint density at radius 1 is 1.21 bits per heavy atom. The van der Waals surface area contributed by atoms with Crippen LogP contribution >= 0.6 is 0 Å². The summed E-state index contributed by atoms with van der Waals surface area (Å²) in [5.41, 5.74) is 0.741. The molecule has 0 saturated heterocycles. The highest BCUT2D eigenvalue weighted by atomic mass is 16.4. The van der Waals surface area contributed by atoms with Gasteiger partial charge in [-0.3, -0.25) is 14.4 Å². The van der Waals surface area contributed by atoms with Gasteiger partial charge in [-0.1, -0.05) is 25.0 Å². The third-order valence-corrected chi connectivity index (χ3v) is 7.87. The molecule has 0 heterocycles. The second-order valence-electron chi connectivity index (χ2n) is 9.21. The fraction of sp³-hybridized carbons (Fsp3) is 0.762. The highest BCUT2D eigenvalue weighted by Gasteiger charge is 2.58. The SMILES string of the molecule is CC1(CCC(=O)O)C2=C(CC(=O)C1C(O)CO)C1CCC(C(=O)O)C1(C)CC2. The highest BCUT2D eigenvalue weighted by Crippen LogP contribution is 2.63. The van der Waals surface area contributed by atoms with Gasteiger partial charge in [-0.25, -0.2) is 0 Å². The van der Waals surface area contributed by atoms with Gasteiger partial charge in [0.1, 0.15) is 5.78 Å². The summed E-state index contributed by atoms with van der Waals surface area (Å²) in [6.07, 6.45) is 1.57. The van der Waals surface area contributed by atoms with E-state index >= 15 is 0 Å². The number of rotatable bonds is 6. The van der Waals surface area contributed by atoms with Gasteiger partial charge in [0, 0.05) is 18.3 Å². The standard InChI is InChI=1S/C21H30O7/c1-20-7-5-13-11(12(20)3-4-14(20)19(27)28)9-15(23)18(16(24)10-22)21(13,2)8-6-17(25)26/h12,14,16,18,22,24H,3-10H2,1-2H3,(H,25,26)(H,27,28). The lowest BCUT2D eigenvalue weighted by atomic mass is 9.52. The van der Waals surface area contributed by atoms with Gasteiger partial charge in [0.15, 0.2) is 0 Å². The number of carbonyl (C=O) groups is 3. The maximum Gasteiger partial charge on any atom is 0.307 e. The minimum Gasteiger partial charge on any atom is -0.481 e. The zero-order chi connectivity index (χ0) is 20.9. The molecule has 0 amide bonds. The number of allylic oxidation sites excluding steroid dienone is 2. The largest absolute Gasteiger partial charge is 0.481 e. The maximum atomic E-state index is 13.0. The van der Waals surface area contributed by atoms with E-state index in [1.54, 1.807) is 0 Å². The predicted molar refractivity (Wildman–Crippen MR) is 99.4 cm³/mol. The van der Waals surface area contributed by atoms with Crippen LogP contribution in [-0.4, -0.2) is 50.9 Å². The fourth-order valence-electron chi connectivity index (χ4n) is 6.47. The third kappa shape index (κ3) is 3.08. The zero-order valence-electron chi connectivity index (χ0n) is 16.5. The lowest BCUT2D eigenvalue weighted by Gasteiger charge is -2.52. The van der Waals surface area contributed by atoms with Crippen molar-refractivity contribution in [3.05, 3.63) is 11.1 Å². The van der Waals surface area contributed by atoms with Crippen molar-refractivity contribution in [2.24, 2.45) is 28.6 Å². The molecule has 3 aliphatic rings. The number of ketones is 1. The van der Waals surface area contributed by atoms with Crippen LogP contribution in [-0.2, 0) is 14.4 Å². The first-order chi connectivity index (χ1) is 13.1. The normalized spacial score (nSPS) is 38.7. The van der Waals surface area contributed by atoms with Gasteiger partial charge in [0.05, 0.1) is 24.5 Å². The first kappa shape index (κ1) is 21.0. The topological polar surface area (TPSA) is 132 Å². The van der Waals surface area contributed by atoms with E-state index in [9.17, 15) is 34.8 Å². The number of aliphatic hydroxyl groups is 2. The summed E-state index contributed by atoms with van der Waals surface area (Å²) in [6, 6.07) is 0. The van der Waals surface area contributed by atoms with E-state index in [2.05, 4.69) is 0 Å². The van der Waals surface area contributed by atoms with E-state index < -0.39 is 47.3 Å². The number of carboxylic acid groups (broad SMARTS) is 2. The molecular formula is C21H30O7. The second-order valence-corrected chi connectivity index (χ2v) is 9.21. The minimum absolute atomic E-state index is 0.00216. The number of fused-ring (bicyclic) bond motifs is 2. The van der Waals surface area contributed by atoms with Crippen molar-refractivity contribution in [3.8, 4) is 0 Å². The van der Waals surface area contributed by atoms with Crippen LogP contribution in [0.3, 0.4) is 0 Å². The van der Waals surface area contributed by atoms with Crippen LogP contribution < -0.4 is 0 Å². The summed E-state index contributed by atoms with van der Waals surface area (Å²) in [4.78, 5) is 36.1. The third-order valence-electron chi connectivity index (χ3n) is 7.87. The summed E-state index contributed by atoms with van der Waals surface area (Å²) < 4.78 is 0. The van der Waals surface area contributed by atoms with Crippen LogP contribution in [0.1, 0.15) is 58.8 Å². The molecule has 28 heavy (non-hydrogen) atoms. The molecule has 3 aliphatic carbocycles. The van der Waals surface area contributed by atoms with Crippen LogP contribution in [0.4, 0.5) is 0 Å². The molecule has 0 aromatic heterocycles. The molecule has 0 radical (unpaired) electrons. The number of hydrogen-bond donors (Lipinski definition) is 4. The summed E-state index contributed by atoms with van der Waals surface area (Å²) in [6.45, 7) is 3.28. The number of hydrogen-bond acceptors (Lipinski definition) is 5. The van der Waals surface area contributed by atoms with E-state index in [0.717, 1.165) is 11.1 Å². The monoisotopic (exact) mass is 394 g/mol. The van der Waals surface area contributed by atoms with Crippen molar-refractivity contribution in [3.63, 3.8) is 0 Å². The van der Waals surface area contributed by atoms with E-state index in [0.29, 0.717) is 25.7 Å². The maximum absolute atomic E-state index is 13.0. The van der Waals surface area contributed by atoms with Crippen molar-refractivity contribution >= 4 is 17.7 Å². The van der Waals surface area contributed by atoms with Gasteiger partial charge in [0.2, 0.25) is 0 Å². The van der Waals surface area contributed by atoms with Gasteiger partial charge in [-0.15, -0.1) is 0 Å². The molecule has 0 aliphatic heterocycles. The van der Waals surface area contributed by atoms with Crippen molar-refractivity contribution in [2.45, 2.75) is 64.9 Å². The molecule has 7 heteroatoms. The van der Waals surface area contributed by atoms with Gasteiger partial charge >= 0.3 is 11.9 Å². The molecule has 0 aromatic rings. The average molecular weight is 394 g/mol. The van der Waals surface area contributed by atoms with Crippen LogP contribution in [0.5, 0.6) is 0 Å². The van der Waals surface area contributed by atoms with Crippen LogP contribution in [0.15, 0.2) is 11.1 Å². The lowest BCUT2D eigenvalue weighted by Crippen LogP contribution is -2.51. The number of aliphatic carboxylic acids is 2. The minimum atomic E-state index is -1.23. The fourth-order valence-corrected chi connectivity index (χ4v) is 6.47. The van der Waals surface area contributed by atoms with Gasteiger partial charge in [0.25, 0.3) is 0 Å². The Bertz CT molecular complexity index is 726. The Hall–Kier alpha value is -1.73. The van der Waals surface area contributed by atoms with Crippen LogP contribution in [0.2, 0.25) is 0 Å². The van der Waals surface area contributed by atoms with Crippen molar-refractivity contribution in [1.29, 1.82) is 0 Å². The number of Topliss-reactive ketones (excluding diaryl/α,β-unsaturated/α-hetero) is 1. The van der Waals surface area contributed by atoms with Gasteiger partial charge in [-0.2, -0.15) is 0 Å². The van der Waals surface area contributed by atoms with Crippen LogP contribution in [0.25, 0.3) is 0 Å². The van der Waals surface area contributed by atoms with E-state index in [4.69, 9.17) is 0 Å². The lowest BCUT2D eigenvalue weighted by molar-refractivity contribution is -0.146. The van der Waals surface area contributed by atoms with Crippen LogP contribution in [0, 0.1) is 28.6 Å². The molecule has 1 fully saturated rings. The highest BCUT2D eigenvalue weighted by molar-refractivity contribution is 5.87. The number of carboxylic acids is 2. The Morgan fingerprint density at radius 2 is 1.89 bits per heavy atom. The first-order valence-corrected chi connectivity index (χ1v) is 10.0. The molecule has 6 atom stereocenters. The summed E-state index contributed by atoms with van der Waals surface area (Å²) in [5.74, 6) is -3.22. The number of aliphatic hydroxyl groups excluding tert-OH is 2. The molecular weight excluding hydrogens is 364 g/mol. The van der Waals surface area contributed by atoms with Crippen molar-refractivity contribution < 1.29 is 34.8 Å². The Kier molecular flexibility index (Phi) is 5.44. The summed E-state index contributed by atoms with van der Waals surface area (Å²) in [7, 11) is 0.